The SMILES string of the molecule is Cc1ccc(NC(=O)CSc2nc3ccc(N=Cc4cccc([N+](=O)[O-])c4)cc3s2)cc1Cl. The number of thioether (sulfide) groups is 1. The number of amides is 1. The van der Waals surface area contributed by atoms with E-state index in [0.717, 1.165) is 20.1 Å². The van der Waals surface area contributed by atoms with Crippen molar-refractivity contribution in [2.24, 2.45) is 4.99 Å². The van der Waals surface area contributed by atoms with Gasteiger partial charge in [0.15, 0.2) is 4.34 Å². The highest BCUT2D eigenvalue weighted by Gasteiger charge is 2.10. The summed E-state index contributed by atoms with van der Waals surface area (Å²) in [5, 5.41) is 14.4. The number of halogens is 1. The lowest BCUT2D eigenvalue weighted by Crippen LogP contribution is -2.13. The second-order valence-corrected chi connectivity index (χ2v) is 9.70. The number of nitro benzene ring substituents is 1. The van der Waals surface area contributed by atoms with Crippen molar-refractivity contribution in [2.45, 2.75) is 11.3 Å². The molecular weight excluding hydrogens is 480 g/mol. The molecule has 0 unspecified atom stereocenters. The Morgan fingerprint density at radius 2 is 2.09 bits per heavy atom. The van der Waals surface area contributed by atoms with Gasteiger partial charge in [-0.05, 0) is 48.4 Å². The van der Waals surface area contributed by atoms with E-state index in [1.54, 1.807) is 24.4 Å². The number of thiazole rings is 1. The molecule has 1 heterocycles. The van der Waals surface area contributed by atoms with E-state index >= 15 is 0 Å². The first kappa shape index (κ1) is 22.9. The minimum absolute atomic E-state index is 0.0213. The maximum Gasteiger partial charge on any atom is 0.270 e. The summed E-state index contributed by atoms with van der Waals surface area (Å²) in [6, 6.07) is 17.3. The Balaban J connectivity index is 1.40. The summed E-state index contributed by atoms with van der Waals surface area (Å²) in [4.78, 5) is 31.7. The Labute approximate surface area is 202 Å². The van der Waals surface area contributed by atoms with Gasteiger partial charge in [0, 0.05) is 29.1 Å². The highest BCUT2D eigenvalue weighted by Crippen LogP contribution is 2.32. The number of aliphatic imine (C=N–C) groups is 1. The fourth-order valence-corrected chi connectivity index (χ4v) is 4.98. The molecule has 1 N–H and O–H groups in total. The van der Waals surface area contributed by atoms with Gasteiger partial charge in [-0.3, -0.25) is 19.9 Å². The molecule has 0 saturated heterocycles. The number of rotatable bonds is 7. The first-order valence-corrected chi connectivity index (χ1v) is 11.9. The van der Waals surface area contributed by atoms with Crippen LogP contribution in [0.2, 0.25) is 5.02 Å². The topological polar surface area (TPSA) is 97.5 Å². The number of nitrogens with one attached hydrogen (secondary N) is 1. The zero-order valence-electron chi connectivity index (χ0n) is 17.3. The van der Waals surface area contributed by atoms with Crippen LogP contribution in [0.5, 0.6) is 0 Å². The van der Waals surface area contributed by atoms with E-state index in [1.165, 1.54) is 35.2 Å². The highest BCUT2D eigenvalue weighted by atomic mass is 35.5. The molecule has 10 heteroatoms. The van der Waals surface area contributed by atoms with E-state index in [0.29, 0.717) is 22.0 Å². The lowest BCUT2D eigenvalue weighted by atomic mass is 10.2. The molecule has 166 valence electrons. The summed E-state index contributed by atoms with van der Waals surface area (Å²) in [5.41, 5.74) is 3.81. The smallest absolute Gasteiger partial charge is 0.270 e. The molecule has 4 aromatic rings. The van der Waals surface area contributed by atoms with Crippen LogP contribution in [-0.4, -0.2) is 27.8 Å². The lowest BCUT2D eigenvalue weighted by Gasteiger charge is -2.06. The highest BCUT2D eigenvalue weighted by molar-refractivity contribution is 8.01. The lowest BCUT2D eigenvalue weighted by molar-refractivity contribution is -0.384. The largest absolute Gasteiger partial charge is 0.325 e. The van der Waals surface area contributed by atoms with Crippen LogP contribution in [0.15, 0.2) is 70.0 Å². The second kappa shape index (κ2) is 10.1. The minimum atomic E-state index is -0.434. The molecule has 0 aliphatic carbocycles. The predicted octanol–water partition coefficient (Wildman–Crippen LogP) is 6.65. The van der Waals surface area contributed by atoms with Crippen molar-refractivity contribution in [3.63, 3.8) is 0 Å². The van der Waals surface area contributed by atoms with Crippen molar-refractivity contribution >= 4 is 74.1 Å². The van der Waals surface area contributed by atoms with E-state index in [-0.39, 0.29) is 17.3 Å². The molecule has 3 aromatic carbocycles. The number of carbonyl (C=O) groups is 1. The number of non-ortho nitro benzene ring substituents is 1. The first-order valence-electron chi connectivity index (χ1n) is 9.75. The number of carbonyl (C=O) groups excluding carboxylic acids is 1. The molecule has 0 fully saturated rings. The predicted molar refractivity (Wildman–Crippen MR) is 136 cm³/mol. The maximum absolute atomic E-state index is 12.3. The Kier molecular flexibility index (Phi) is 7.02. The molecule has 0 aliphatic rings. The average molecular weight is 497 g/mol. The van der Waals surface area contributed by atoms with E-state index in [9.17, 15) is 14.9 Å². The Hall–Kier alpha value is -3.27. The number of nitrogens with zero attached hydrogens (tertiary/aromatic N) is 3. The minimum Gasteiger partial charge on any atom is -0.325 e. The monoisotopic (exact) mass is 496 g/mol. The van der Waals surface area contributed by atoms with Gasteiger partial charge < -0.3 is 5.32 Å². The normalized spacial score (nSPS) is 11.2. The van der Waals surface area contributed by atoms with E-state index < -0.39 is 4.92 Å². The molecule has 1 amide bonds. The van der Waals surface area contributed by atoms with Crippen molar-refractivity contribution in [3.05, 3.63) is 86.9 Å². The van der Waals surface area contributed by atoms with Gasteiger partial charge in [-0.15, -0.1) is 11.3 Å². The number of anilines is 1. The van der Waals surface area contributed by atoms with Crippen LogP contribution in [0.1, 0.15) is 11.1 Å². The third-order valence-corrected chi connectivity index (χ3v) is 7.15. The molecule has 0 radical (unpaired) electrons. The van der Waals surface area contributed by atoms with Crippen LogP contribution >= 0.6 is 34.7 Å². The van der Waals surface area contributed by atoms with E-state index in [4.69, 9.17) is 11.6 Å². The van der Waals surface area contributed by atoms with Crippen LogP contribution in [0.4, 0.5) is 17.1 Å². The number of aryl methyl sites for hydroxylation is 1. The van der Waals surface area contributed by atoms with Gasteiger partial charge in [0.05, 0.1) is 26.6 Å². The second-order valence-electron chi connectivity index (χ2n) is 7.04. The summed E-state index contributed by atoms with van der Waals surface area (Å²) in [6.07, 6.45) is 1.59. The van der Waals surface area contributed by atoms with Gasteiger partial charge in [-0.25, -0.2) is 4.98 Å². The summed E-state index contributed by atoms with van der Waals surface area (Å²) in [6.45, 7) is 1.90. The number of aromatic nitrogens is 1. The standard InChI is InChI=1S/C23H17ClN4O3S2/c1-14-5-6-17(10-19(14)24)26-22(29)13-32-23-27-20-8-7-16(11-21(20)33-23)25-12-15-3-2-4-18(9-15)28(30)31/h2-12H,13H2,1H3,(H,26,29). The van der Waals surface area contributed by atoms with Crippen LogP contribution in [0.3, 0.4) is 0 Å². The van der Waals surface area contributed by atoms with Crippen LogP contribution in [-0.2, 0) is 4.79 Å². The summed E-state index contributed by atoms with van der Waals surface area (Å²) >= 11 is 8.94. The maximum atomic E-state index is 12.3. The number of benzene rings is 3. The van der Waals surface area contributed by atoms with Gasteiger partial charge in [0.25, 0.3) is 5.69 Å². The van der Waals surface area contributed by atoms with Gasteiger partial charge >= 0.3 is 0 Å². The van der Waals surface area contributed by atoms with Gasteiger partial charge in [-0.1, -0.05) is 41.6 Å². The summed E-state index contributed by atoms with van der Waals surface area (Å²) in [5.74, 6) is 0.0877. The van der Waals surface area contributed by atoms with E-state index in [1.807, 2.05) is 37.3 Å². The molecular formula is C23H17ClN4O3S2. The number of fused-ring (bicyclic) bond motifs is 1. The Morgan fingerprint density at radius 3 is 2.88 bits per heavy atom. The van der Waals surface area contributed by atoms with Crippen LogP contribution in [0.25, 0.3) is 10.2 Å². The fourth-order valence-electron chi connectivity index (χ4n) is 2.90. The number of hydrogen-bond donors (Lipinski definition) is 1. The number of nitro groups is 1. The molecule has 7 nitrogen and oxygen atoms in total. The average Bonchev–Trinajstić information content (AvgIpc) is 3.21. The molecule has 33 heavy (non-hydrogen) atoms. The van der Waals surface area contributed by atoms with Gasteiger partial charge in [-0.2, -0.15) is 0 Å². The molecule has 0 bridgehead atoms. The zero-order chi connectivity index (χ0) is 23.4. The summed E-state index contributed by atoms with van der Waals surface area (Å²) < 4.78 is 1.72. The third-order valence-electron chi connectivity index (χ3n) is 4.58. The van der Waals surface area contributed by atoms with Crippen LogP contribution < -0.4 is 5.32 Å². The van der Waals surface area contributed by atoms with Crippen molar-refractivity contribution in [1.29, 1.82) is 0 Å². The van der Waals surface area contributed by atoms with Gasteiger partial charge in [0.2, 0.25) is 5.91 Å². The molecule has 0 spiro atoms. The quantitative estimate of drug-likeness (QED) is 0.134. The van der Waals surface area contributed by atoms with Crippen molar-refractivity contribution in [3.8, 4) is 0 Å². The van der Waals surface area contributed by atoms with E-state index in [2.05, 4.69) is 15.3 Å². The first-order chi connectivity index (χ1) is 15.9. The molecule has 0 aliphatic heterocycles. The Bertz CT molecular complexity index is 1390. The Morgan fingerprint density at radius 1 is 1.24 bits per heavy atom. The summed E-state index contributed by atoms with van der Waals surface area (Å²) in [7, 11) is 0. The molecule has 0 saturated carbocycles. The van der Waals surface area contributed by atoms with Crippen molar-refractivity contribution in [2.75, 3.05) is 11.1 Å². The molecule has 1 aromatic heterocycles. The number of hydrogen-bond acceptors (Lipinski definition) is 7. The van der Waals surface area contributed by atoms with Crippen LogP contribution in [0, 0.1) is 17.0 Å². The molecule has 4 rings (SSSR count). The van der Waals surface area contributed by atoms with Gasteiger partial charge in [0.1, 0.15) is 0 Å². The van der Waals surface area contributed by atoms with Crippen molar-refractivity contribution < 1.29 is 9.72 Å². The molecule has 0 atom stereocenters. The third kappa shape index (κ3) is 5.95. The van der Waals surface area contributed by atoms with Crippen molar-refractivity contribution in [1.82, 2.24) is 4.98 Å². The zero-order valence-corrected chi connectivity index (χ0v) is 19.7. The fraction of sp³-hybridized carbons (Fsp3) is 0.0870.